The number of hydrogen-bond acceptors (Lipinski definition) is 5. The second kappa shape index (κ2) is 8.46. The number of nitrogens with zero attached hydrogens (tertiary/aromatic N) is 3. The maximum Gasteiger partial charge on any atom is 0.0604 e. The average Bonchev–Trinajstić information content (AvgIpc) is 2.65. The number of aromatic nitrogens is 2. The van der Waals surface area contributed by atoms with Gasteiger partial charge in [-0.25, -0.2) is 0 Å². The van der Waals surface area contributed by atoms with Gasteiger partial charge in [0.25, 0.3) is 0 Å². The van der Waals surface area contributed by atoms with Crippen molar-refractivity contribution in [2.45, 2.75) is 51.2 Å². The van der Waals surface area contributed by atoms with E-state index in [4.69, 9.17) is 9.97 Å². The van der Waals surface area contributed by atoms with Gasteiger partial charge in [-0.05, 0) is 56.4 Å². The molecule has 2 fully saturated rings. The van der Waals surface area contributed by atoms with Gasteiger partial charge in [-0.1, -0.05) is 12.1 Å². The van der Waals surface area contributed by atoms with Crippen LogP contribution in [-0.2, 0) is 0 Å². The molecular weight excluding hydrogens is 334 g/mol. The summed E-state index contributed by atoms with van der Waals surface area (Å²) in [5, 5.41) is 7.03. The first-order valence-electron chi connectivity index (χ1n) is 10.3. The molecule has 5 heteroatoms. The normalized spacial score (nSPS) is 23.9. The molecule has 27 heavy (non-hydrogen) atoms. The molecule has 2 atom stereocenters. The zero-order chi connectivity index (χ0) is 18.6. The molecule has 4 heterocycles. The Morgan fingerprint density at radius 1 is 1.00 bits per heavy atom. The molecule has 0 radical (unpaired) electrons. The van der Waals surface area contributed by atoms with Gasteiger partial charge in [0.15, 0.2) is 0 Å². The van der Waals surface area contributed by atoms with Crippen LogP contribution in [0.4, 0.5) is 0 Å². The lowest BCUT2D eigenvalue weighted by molar-refractivity contribution is 0.0756. The molecule has 2 aromatic rings. The second-order valence-corrected chi connectivity index (χ2v) is 7.92. The van der Waals surface area contributed by atoms with Gasteiger partial charge in [0.1, 0.15) is 0 Å². The van der Waals surface area contributed by atoms with Crippen molar-refractivity contribution in [3.05, 3.63) is 59.2 Å². The number of pyridine rings is 2. The van der Waals surface area contributed by atoms with Gasteiger partial charge >= 0.3 is 0 Å². The highest BCUT2D eigenvalue weighted by Crippen LogP contribution is 2.41. The minimum Gasteiger partial charge on any atom is -0.314 e. The van der Waals surface area contributed by atoms with Crippen molar-refractivity contribution in [1.29, 1.82) is 0 Å². The first-order chi connectivity index (χ1) is 13.2. The maximum atomic E-state index is 4.78. The van der Waals surface area contributed by atoms with Gasteiger partial charge in [0, 0.05) is 44.6 Å². The van der Waals surface area contributed by atoms with Crippen LogP contribution in [0.3, 0.4) is 0 Å². The third-order valence-corrected chi connectivity index (χ3v) is 6.07. The summed E-state index contributed by atoms with van der Waals surface area (Å²) in [6.07, 6.45) is 7.44. The smallest absolute Gasteiger partial charge is 0.0604 e. The highest BCUT2D eigenvalue weighted by molar-refractivity contribution is 5.26. The van der Waals surface area contributed by atoms with Crippen LogP contribution < -0.4 is 10.6 Å². The molecule has 0 aromatic carbocycles. The van der Waals surface area contributed by atoms with Crippen LogP contribution in [0.15, 0.2) is 36.7 Å². The topological polar surface area (TPSA) is 53.1 Å². The fraction of sp³-hybridized carbons (Fsp3) is 0.545. The molecule has 2 N–H and O–H groups in total. The van der Waals surface area contributed by atoms with Crippen molar-refractivity contribution >= 4 is 0 Å². The molecule has 2 aromatic heterocycles. The summed E-state index contributed by atoms with van der Waals surface area (Å²) >= 11 is 0. The highest BCUT2D eigenvalue weighted by atomic mass is 15.2. The van der Waals surface area contributed by atoms with E-state index in [2.05, 4.69) is 41.5 Å². The number of piperidine rings is 1. The Kier molecular flexibility index (Phi) is 5.81. The number of likely N-dealkylation sites (tertiary alicyclic amines) is 1. The molecule has 2 aliphatic rings. The summed E-state index contributed by atoms with van der Waals surface area (Å²) in [5.41, 5.74) is 5.06. The zero-order valence-electron chi connectivity index (χ0n) is 16.5. The number of hydrogen-bond donors (Lipinski definition) is 2. The van der Waals surface area contributed by atoms with E-state index in [1.54, 1.807) is 0 Å². The lowest BCUT2D eigenvalue weighted by atomic mass is 9.89. The molecule has 0 bridgehead atoms. The van der Waals surface area contributed by atoms with Crippen LogP contribution in [0.1, 0.15) is 53.9 Å². The first kappa shape index (κ1) is 18.5. The second-order valence-electron chi connectivity index (χ2n) is 7.92. The van der Waals surface area contributed by atoms with E-state index in [1.165, 1.54) is 41.8 Å². The van der Waals surface area contributed by atoms with E-state index in [0.717, 1.165) is 26.2 Å². The number of nitrogens with one attached hydrogen (secondary N) is 2. The van der Waals surface area contributed by atoms with Crippen molar-refractivity contribution in [2.75, 3.05) is 26.2 Å². The Morgan fingerprint density at radius 3 is 2.07 bits per heavy atom. The Morgan fingerprint density at radius 2 is 1.59 bits per heavy atom. The molecule has 0 amide bonds. The van der Waals surface area contributed by atoms with E-state index in [9.17, 15) is 0 Å². The summed E-state index contributed by atoms with van der Waals surface area (Å²) in [5.74, 6) is 0. The Hall–Kier alpha value is -1.82. The lowest BCUT2D eigenvalue weighted by Crippen LogP contribution is -2.56. The first-order valence-corrected chi connectivity index (χ1v) is 10.3. The molecule has 4 rings (SSSR count). The largest absolute Gasteiger partial charge is 0.314 e. The molecule has 2 aliphatic heterocycles. The third kappa shape index (κ3) is 4.05. The van der Waals surface area contributed by atoms with E-state index in [-0.39, 0.29) is 0 Å². The van der Waals surface area contributed by atoms with Crippen LogP contribution in [0.2, 0.25) is 0 Å². The quantitative estimate of drug-likeness (QED) is 0.824. The molecule has 144 valence electrons. The molecule has 2 saturated heterocycles. The van der Waals surface area contributed by atoms with Crippen molar-refractivity contribution < 1.29 is 0 Å². The fourth-order valence-corrected chi connectivity index (χ4v) is 4.48. The average molecular weight is 366 g/mol. The van der Waals surface area contributed by atoms with E-state index in [1.807, 2.05) is 24.5 Å². The molecular formula is C22H31N5. The monoisotopic (exact) mass is 365 g/mol. The Bertz CT molecular complexity index is 704. The molecule has 0 unspecified atom stereocenters. The lowest BCUT2D eigenvalue weighted by Gasteiger charge is -2.43. The summed E-state index contributed by atoms with van der Waals surface area (Å²) in [6, 6.07) is 9.82. The third-order valence-electron chi connectivity index (χ3n) is 6.07. The van der Waals surface area contributed by atoms with Gasteiger partial charge in [0.05, 0.1) is 23.5 Å². The van der Waals surface area contributed by atoms with Crippen molar-refractivity contribution in [2.24, 2.45) is 0 Å². The summed E-state index contributed by atoms with van der Waals surface area (Å²) in [6.45, 7) is 8.59. The summed E-state index contributed by atoms with van der Waals surface area (Å²) < 4.78 is 0. The zero-order valence-corrected chi connectivity index (χ0v) is 16.5. The van der Waals surface area contributed by atoms with Crippen LogP contribution in [0.25, 0.3) is 0 Å². The van der Waals surface area contributed by atoms with E-state index in [0.29, 0.717) is 18.1 Å². The van der Waals surface area contributed by atoms with Gasteiger partial charge < -0.3 is 10.6 Å². The van der Waals surface area contributed by atoms with Gasteiger partial charge in [-0.15, -0.1) is 0 Å². The van der Waals surface area contributed by atoms with Crippen LogP contribution in [0.5, 0.6) is 0 Å². The summed E-state index contributed by atoms with van der Waals surface area (Å²) in [7, 11) is 0. The minimum absolute atomic E-state index is 0.368. The maximum absolute atomic E-state index is 4.78. The molecule has 0 saturated carbocycles. The predicted octanol–water partition coefficient (Wildman–Crippen LogP) is 2.92. The SMILES string of the molecule is Cc1cccnc1[C@H]1CCC[C@@H](c2ncccc2C)N1CCNC1CNC1. The van der Waals surface area contributed by atoms with Gasteiger partial charge in [-0.3, -0.25) is 14.9 Å². The summed E-state index contributed by atoms with van der Waals surface area (Å²) in [4.78, 5) is 12.2. The Labute approximate surface area is 162 Å². The van der Waals surface area contributed by atoms with E-state index < -0.39 is 0 Å². The van der Waals surface area contributed by atoms with E-state index >= 15 is 0 Å². The van der Waals surface area contributed by atoms with Crippen LogP contribution in [0, 0.1) is 13.8 Å². The van der Waals surface area contributed by atoms with Gasteiger partial charge in [0.2, 0.25) is 0 Å². The van der Waals surface area contributed by atoms with Gasteiger partial charge in [-0.2, -0.15) is 0 Å². The van der Waals surface area contributed by atoms with Crippen molar-refractivity contribution in [3.63, 3.8) is 0 Å². The standard InChI is InChI=1S/C22H31N5/c1-16-6-4-10-25-21(16)19-8-3-9-20(22-17(2)7-5-11-26-22)27(19)13-12-24-18-14-23-15-18/h4-7,10-11,18-20,23-24H,3,8-9,12-15H2,1-2H3/t19-,20+. The van der Waals surface area contributed by atoms with Crippen LogP contribution in [-0.4, -0.2) is 47.1 Å². The van der Waals surface area contributed by atoms with Crippen molar-refractivity contribution in [3.8, 4) is 0 Å². The fourth-order valence-electron chi connectivity index (χ4n) is 4.48. The van der Waals surface area contributed by atoms with Crippen LogP contribution >= 0.6 is 0 Å². The van der Waals surface area contributed by atoms with Crippen molar-refractivity contribution in [1.82, 2.24) is 25.5 Å². The predicted molar refractivity (Wildman–Crippen MR) is 109 cm³/mol. The number of aryl methyl sites for hydroxylation is 2. The molecule has 0 aliphatic carbocycles. The molecule has 5 nitrogen and oxygen atoms in total. The minimum atomic E-state index is 0.368. The Balaban J connectivity index is 1.60. The highest BCUT2D eigenvalue weighted by Gasteiger charge is 2.35. The molecule has 0 spiro atoms. The number of rotatable bonds is 6.